The fourth-order valence-electron chi connectivity index (χ4n) is 4.32. The molecule has 0 heterocycles. The molecule has 1 unspecified atom stereocenters. The van der Waals surface area contributed by atoms with Crippen molar-refractivity contribution in [2.75, 3.05) is 19.3 Å². The van der Waals surface area contributed by atoms with Gasteiger partial charge in [0.25, 0.3) is 0 Å². The standard InChI is InChI=1S/C28H39N2O3P/c1-3-5-15-24(4-2)34(25-16-8-6-9-17-25,26-18-10-7-11-19-26)23-13-12-20-27(31)29-21-14-22-30-28(32)33/h4-6,8-10,15-19,30H,3,7,11-14,20-23H2,1-2H3,(H-,29,31,32,33)/p+1/b15-5-,24-4+. The molecule has 1 aromatic rings. The van der Waals surface area contributed by atoms with Crippen LogP contribution in [0.3, 0.4) is 0 Å². The second-order valence-corrected chi connectivity index (χ2v) is 12.0. The minimum absolute atomic E-state index is 0.0351. The Balaban J connectivity index is 2.13. The van der Waals surface area contributed by atoms with Crippen LogP contribution in [-0.4, -0.2) is 36.4 Å². The summed E-state index contributed by atoms with van der Waals surface area (Å²) in [6, 6.07) is 10.9. The first kappa shape index (κ1) is 27.6. The van der Waals surface area contributed by atoms with Crippen LogP contribution in [0.1, 0.15) is 58.8 Å². The Bertz CT molecular complexity index is 905. The van der Waals surface area contributed by atoms with Gasteiger partial charge in [-0.1, -0.05) is 37.3 Å². The number of carbonyl (C=O) groups is 2. The Morgan fingerprint density at radius 2 is 1.82 bits per heavy atom. The quantitative estimate of drug-likeness (QED) is 0.163. The van der Waals surface area contributed by atoms with Crippen molar-refractivity contribution in [2.45, 2.75) is 58.8 Å². The van der Waals surface area contributed by atoms with Gasteiger partial charge in [-0.3, -0.25) is 4.79 Å². The van der Waals surface area contributed by atoms with Crippen molar-refractivity contribution in [1.29, 1.82) is 0 Å². The van der Waals surface area contributed by atoms with Crippen LogP contribution < -0.4 is 15.9 Å². The molecule has 0 aliphatic heterocycles. The molecule has 0 saturated carbocycles. The number of unbranched alkanes of at least 4 members (excludes halogenated alkanes) is 1. The first-order valence-electron chi connectivity index (χ1n) is 12.4. The van der Waals surface area contributed by atoms with Gasteiger partial charge in [-0.2, -0.15) is 0 Å². The van der Waals surface area contributed by atoms with Crippen LogP contribution in [0.15, 0.2) is 77.4 Å². The smallest absolute Gasteiger partial charge is 0.404 e. The number of carboxylic acid groups (broad SMARTS) is 1. The molecule has 1 aliphatic carbocycles. The molecular weight excluding hydrogens is 443 g/mol. The summed E-state index contributed by atoms with van der Waals surface area (Å²) in [5, 5.41) is 18.1. The van der Waals surface area contributed by atoms with Crippen LogP contribution in [-0.2, 0) is 4.79 Å². The third-order valence-electron chi connectivity index (χ3n) is 5.97. The Morgan fingerprint density at radius 3 is 2.47 bits per heavy atom. The van der Waals surface area contributed by atoms with Crippen molar-refractivity contribution >= 4 is 24.6 Å². The Hall–Kier alpha value is -2.65. The third-order valence-corrected chi connectivity index (χ3v) is 10.6. The van der Waals surface area contributed by atoms with E-state index in [1.807, 2.05) is 0 Å². The molecule has 0 bridgehead atoms. The molecule has 0 spiro atoms. The lowest BCUT2D eigenvalue weighted by Gasteiger charge is -2.30. The van der Waals surface area contributed by atoms with Gasteiger partial charge in [0, 0.05) is 19.5 Å². The molecule has 1 atom stereocenters. The van der Waals surface area contributed by atoms with Gasteiger partial charge in [-0.05, 0) is 81.9 Å². The lowest BCUT2D eigenvalue weighted by Crippen LogP contribution is -2.29. The molecule has 2 rings (SSSR count). The highest BCUT2D eigenvalue weighted by Crippen LogP contribution is 2.72. The summed E-state index contributed by atoms with van der Waals surface area (Å²) < 4.78 is 0. The summed E-state index contributed by atoms with van der Waals surface area (Å²) in [5.41, 5.74) is 0. The second-order valence-electron chi connectivity index (χ2n) is 8.39. The number of nitrogens with one attached hydrogen (secondary N) is 2. The van der Waals surface area contributed by atoms with E-state index in [0.717, 1.165) is 38.3 Å². The molecule has 1 aromatic carbocycles. The number of amides is 2. The van der Waals surface area contributed by atoms with Crippen LogP contribution in [0.5, 0.6) is 0 Å². The first-order chi connectivity index (χ1) is 16.5. The van der Waals surface area contributed by atoms with E-state index in [4.69, 9.17) is 5.11 Å². The van der Waals surface area contributed by atoms with Gasteiger partial charge in [-0.15, -0.1) is 0 Å². The monoisotopic (exact) mass is 483 g/mol. The maximum Gasteiger partial charge on any atom is 0.404 e. The molecule has 6 heteroatoms. The highest BCUT2D eigenvalue weighted by Gasteiger charge is 2.46. The predicted molar refractivity (Wildman–Crippen MR) is 145 cm³/mol. The zero-order chi connectivity index (χ0) is 24.7. The summed E-state index contributed by atoms with van der Waals surface area (Å²) in [6.07, 6.45) is 20.0. The van der Waals surface area contributed by atoms with Gasteiger partial charge in [-0.25, -0.2) is 4.79 Å². The van der Waals surface area contributed by atoms with Crippen LogP contribution >= 0.6 is 7.26 Å². The fraction of sp³-hybridized carbons (Fsp3) is 0.429. The molecule has 3 N–H and O–H groups in total. The van der Waals surface area contributed by atoms with E-state index in [0.29, 0.717) is 25.9 Å². The molecule has 0 aromatic heterocycles. The summed E-state index contributed by atoms with van der Waals surface area (Å²) in [6.45, 7) is 5.15. The van der Waals surface area contributed by atoms with Gasteiger partial charge in [0.15, 0.2) is 0 Å². The van der Waals surface area contributed by atoms with Crippen molar-refractivity contribution in [3.05, 3.63) is 77.4 Å². The van der Waals surface area contributed by atoms with E-state index in [2.05, 4.69) is 91.3 Å². The van der Waals surface area contributed by atoms with Gasteiger partial charge in [0.05, 0.1) is 11.5 Å². The lowest BCUT2D eigenvalue weighted by atomic mass is 10.2. The molecule has 5 nitrogen and oxygen atoms in total. The van der Waals surface area contributed by atoms with E-state index >= 15 is 0 Å². The molecule has 184 valence electrons. The van der Waals surface area contributed by atoms with Gasteiger partial charge in [0.1, 0.15) is 17.9 Å². The summed E-state index contributed by atoms with van der Waals surface area (Å²) in [5.74, 6) is 0.0351. The lowest BCUT2D eigenvalue weighted by molar-refractivity contribution is -0.121. The van der Waals surface area contributed by atoms with Gasteiger partial charge < -0.3 is 15.7 Å². The van der Waals surface area contributed by atoms with Crippen LogP contribution in [0, 0.1) is 0 Å². The van der Waals surface area contributed by atoms with Crippen molar-refractivity contribution in [3.63, 3.8) is 0 Å². The summed E-state index contributed by atoms with van der Waals surface area (Å²) in [4.78, 5) is 22.8. The summed E-state index contributed by atoms with van der Waals surface area (Å²) >= 11 is 0. The Morgan fingerprint density at radius 1 is 1.06 bits per heavy atom. The van der Waals surface area contributed by atoms with Gasteiger partial charge >= 0.3 is 6.09 Å². The van der Waals surface area contributed by atoms with Crippen molar-refractivity contribution in [2.24, 2.45) is 0 Å². The van der Waals surface area contributed by atoms with Crippen molar-refractivity contribution < 1.29 is 14.7 Å². The predicted octanol–water partition coefficient (Wildman–Crippen LogP) is 6.38. The largest absolute Gasteiger partial charge is 0.465 e. The zero-order valence-electron chi connectivity index (χ0n) is 20.6. The number of hydrogen-bond donors (Lipinski definition) is 3. The second kappa shape index (κ2) is 15.3. The minimum atomic E-state index is -1.81. The molecule has 2 amide bonds. The van der Waals surface area contributed by atoms with Crippen molar-refractivity contribution in [1.82, 2.24) is 10.6 Å². The normalized spacial score (nSPS) is 15.6. The summed E-state index contributed by atoms with van der Waals surface area (Å²) in [7, 11) is -1.81. The Kier molecular flexibility index (Phi) is 12.4. The van der Waals surface area contributed by atoms with E-state index in [9.17, 15) is 9.59 Å². The maximum atomic E-state index is 12.3. The first-order valence-corrected chi connectivity index (χ1v) is 14.4. The number of rotatable bonds is 14. The van der Waals surface area contributed by atoms with E-state index < -0.39 is 13.4 Å². The molecule has 0 saturated heterocycles. The van der Waals surface area contributed by atoms with Crippen LogP contribution in [0.25, 0.3) is 0 Å². The van der Waals surface area contributed by atoms with E-state index in [-0.39, 0.29) is 5.91 Å². The minimum Gasteiger partial charge on any atom is -0.465 e. The molecule has 34 heavy (non-hydrogen) atoms. The average molecular weight is 484 g/mol. The molecular formula is C28H40N2O3P+. The Labute approximate surface area is 205 Å². The molecule has 1 aliphatic rings. The fourth-order valence-corrected chi connectivity index (χ4v) is 8.97. The number of allylic oxidation sites excluding steroid dienone is 8. The molecule has 0 fully saturated rings. The zero-order valence-corrected chi connectivity index (χ0v) is 21.5. The number of carbonyl (C=O) groups excluding carboxylic acids is 1. The average Bonchev–Trinajstić information content (AvgIpc) is 2.86. The number of hydrogen-bond acceptors (Lipinski definition) is 2. The topological polar surface area (TPSA) is 78.4 Å². The maximum absolute atomic E-state index is 12.3. The highest BCUT2D eigenvalue weighted by atomic mass is 31.2. The SMILES string of the molecule is C/C=C(\C=C/CC)[P+](CCCCC(=O)NCCCNC(=O)O)(C1=CCCC=C1)c1ccccc1. The number of benzene rings is 1. The highest BCUT2D eigenvalue weighted by molar-refractivity contribution is 7.90. The molecule has 0 radical (unpaired) electrons. The van der Waals surface area contributed by atoms with Gasteiger partial charge in [0.2, 0.25) is 5.91 Å². The van der Waals surface area contributed by atoms with Crippen molar-refractivity contribution in [3.8, 4) is 0 Å². The van der Waals surface area contributed by atoms with Crippen LogP contribution in [0.4, 0.5) is 4.79 Å². The third kappa shape index (κ3) is 8.29. The van der Waals surface area contributed by atoms with E-state index in [1.54, 1.807) is 0 Å². The van der Waals surface area contributed by atoms with Crippen LogP contribution in [0.2, 0.25) is 0 Å². The van der Waals surface area contributed by atoms with E-state index in [1.165, 1.54) is 15.9 Å².